The fraction of sp³-hybridized carbons (Fsp3) is 0.667. The molecule has 0 aromatic carbocycles. The van der Waals surface area contributed by atoms with Crippen molar-refractivity contribution in [3.63, 3.8) is 0 Å². The maximum absolute atomic E-state index is 12.0. The van der Waals surface area contributed by atoms with E-state index in [-0.39, 0.29) is 12.7 Å². The number of hydrogen-bond acceptors (Lipinski definition) is 4. The molecule has 0 saturated heterocycles. The first-order chi connectivity index (χ1) is 8.81. The lowest BCUT2D eigenvalue weighted by Crippen LogP contribution is -2.41. The van der Waals surface area contributed by atoms with Crippen LogP contribution in [-0.4, -0.2) is 38.0 Å². The number of aromatic nitrogens is 2. The Morgan fingerprint density at radius 1 is 1.47 bits per heavy atom. The molecule has 0 radical (unpaired) electrons. The summed E-state index contributed by atoms with van der Waals surface area (Å²) in [4.78, 5) is 13.7. The predicted octanol–water partition coefficient (Wildman–Crippen LogP) is 1.89. The second-order valence-corrected chi connectivity index (χ2v) is 6.28. The van der Waals surface area contributed by atoms with Crippen molar-refractivity contribution >= 4 is 22.0 Å². The molecule has 7 heteroatoms. The van der Waals surface area contributed by atoms with Gasteiger partial charge in [0.25, 0.3) is 0 Å². The molecule has 1 N–H and O–H groups in total. The molecule has 0 saturated carbocycles. The van der Waals surface area contributed by atoms with Crippen LogP contribution in [0.5, 0.6) is 0 Å². The molecule has 0 atom stereocenters. The van der Waals surface area contributed by atoms with Crippen molar-refractivity contribution < 1.29 is 14.6 Å². The van der Waals surface area contributed by atoms with Crippen molar-refractivity contribution in [1.29, 1.82) is 0 Å². The largest absolute Gasteiger partial charge is 0.444 e. The second-order valence-electron chi connectivity index (χ2n) is 5.49. The molecule has 1 aliphatic heterocycles. The van der Waals surface area contributed by atoms with Gasteiger partial charge in [-0.3, -0.25) is 4.68 Å². The third-order valence-corrected chi connectivity index (χ3v) is 3.70. The molecular weight excluding hydrogens is 314 g/mol. The Morgan fingerprint density at radius 2 is 2.16 bits per heavy atom. The van der Waals surface area contributed by atoms with Crippen LogP contribution in [0, 0.1) is 0 Å². The van der Waals surface area contributed by atoms with E-state index in [1.165, 1.54) is 0 Å². The number of aliphatic hydroxyl groups excluding tert-OH is 1. The van der Waals surface area contributed by atoms with E-state index >= 15 is 0 Å². The highest BCUT2D eigenvalue weighted by Crippen LogP contribution is 2.26. The molecule has 0 spiro atoms. The number of hydrogen-bond donors (Lipinski definition) is 1. The summed E-state index contributed by atoms with van der Waals surface area (Å²) in [5.41, 5.74) is 0.990. The summed E-state index contributed by atoms with van der Waals surface area (Å²) in [5.74, 6) is 0. The summed E-state index contributed by atoms with van der Waals surface area (Å²) in [7, 11) is 0. The molecule has 1 aromatic heterocycles. The van der Waals surface area contributed by atoms with Gasteiger partial charge < -0.3 is 14.7 Å². The standard InChI is InChI=1S/C12H18BrN3O3/c1-12(2,3)19-11(18)15-4-5-16-9(6-15)10(13)8(7-17)14-16/h17H,4-7H2,1-3H3. The van der Waals surface area contributed by atoms with Gasteiger partial charge in [-0.15, -0.1) is 0 Å². The van der Waals surface area contributed by atoms with Crippen LogP contribution in [0.25, 0.3) is 0 Å². The topological polar surface area (TPSA) is 67.6 Å². The molecule has 0 aliphatic carbocycles. The lowest BCUT2D eigenvalue weighted by molar-refractivity contribution is 0.0193. The molecule has 2 rings (SSSR count). The van der Waals surface area contributed by atoms with Gasteiger partial charge in [0, 0.05) is 6.54 Å². The summed E-state index contributed by atoms with van der Waals surface area (Å²) in [6.07, 6.45) is -0.322. The number of fused-ring (bicyclic) bond motifs is 1. The smallest absolute Gasteiger partial charge is 0.410 e. The Labute approximate surface area is 120 Å². The minimum absolute atomic E-state index is 0.118. The summed E-state index contributed by atoms with van der Waals surface area (Å²) < 4.78 is 7.94. The van der Waals surface area contributed by atoms with Gasteiger partial charge in [0.15, 0.2) is 0 Å². The van der Waals surface area contributed by atoms with Gasteiger partial charge in [-0.25, -0.2) is 4.79 Å². The van der Waals surface area contributed by atoms with Gasteiger partial charge in [-0.1, -0.05) is 0 Å². The number of rotatable bonds is 1. The first-order valence-corrected chi connectivity index (χ1v) is 6.94. The normalized spacial score (nSPS) is 15.3. The number of halogens is 1. The van der Waals surface area contributed by atoms with Gasteiger partial charge in [0.1, 0.15) is 11.3 Å². The fourth-order valence-corrected chi connectivity index (χ4v) is 2.46. The second kappa shape index (κ2) is 5.13. The monoisotopic (exact) mass is 331 g/mol. The first-order valence-electron chi connectivity index (χ1n) is 6.14. The van der Waals surface area contributed by atoms with Crippen LogP contribution >= 0.6 is 15.9 Å². The first kappa shape index (κ1) is 14.3. The lowest BCUT2D eigenvalue weighted by Gasteiger charge is -2.30. The van der Waals surface area contributed by atoms with Gasteiger partial charge >= 0.3 is 6.09 Å². The van der Waals surface area contributed by atoms with Gasteiger partial charge in [-0.2, -0.15) is 5.10 Å². The zero-order valence-electron chi connectivity index (χ0n) is 11.3. The maximum Gasteiger partial charge on any atom is 0.410 e. The average Bonchev–Trinajstić information content (AvgIpc) is 2.63. The lowest BCUT2D eigenvalue weighted by atomic mass is 10.2. The van der Waals surface area contributed by atoms with E-state index in [2.05, 4.69) is 21.0 Å². The molecule has 6 nitrogen and oxygen atoms in total. The molecule has 1 amide bonds. The minimum Gasteiger partial charge on any atom is -0.444 e. The van der Waals surface area contributed by atoms with E-state index in [9.17, 15) is 9.90 Å². The Hall–Kier alpha value is -1.08. The molecule has 19 heavy (non-hydrogen) atoms. The van der Waals surface area contributed by atoms with E-state index in [1.807, 2.05) is 25.5 Å². The van der Waals surface area contributed by atoms with Crippen LogP contribution < -0.4 is 0 Å². The zero-order valence-corrected chi connectivity index (χ0v) is 12.9. The minimum atomic E-state index is -0.498. The molecule has 2 heterocycles. The maximum atomic E-state index is 12.0. The summed E-state index contributed by atoms with van der Waals surface area (Å²) in [5, 5.41) is 13.5. The summed E-state index contributed by atoms with van der Waals surface area (Å²) in [6.45, 7) is 7.01. The van der Waals surface area contributed by atoms with E-state index in [1.54, 1.807) is 4.90 Å². The Bertz CT molecular complexity index is 493. The van der Waals surface area contributed by atoms with Crippen LogP contribution in [0.2, 0.25) is 0 Å². The zero-order chi connectivity index (χ0) is 14.2. The highest BCUT2D eigenvalue weighted by molar-refractivity contribution is 9.10. The molecule has 106 valence electrons. The van der Waals surface area contributed by atoms with Crippen molar-refractivity contribution in [1.82, 2.24) is 14.7 Å². The molecule has 0 fully saturated rings. The molecular formula is C12H18BrN3O3. The Morgan fingerprint density at radius 3 is 2.74 bits per heavy atom. The van der Waals surface area contributed by atoms with Crippen molar-refractivity contribution in [2.75, 3.05) is 6.54 Å². The summed E-state index contributed by atoms with van der Waals surface area (Å²) >= 11 is 3.41. The van der Waals surface area contributed by atoms with E-state index in [4.69, 9.17) is 4.74 Å². The Kier molecular flexibility index (Phi) is 3.87. The van der Waals surface area contributed by atoms with Gasteiger partial charge in [0.05, 0.1) is 29.9 Å². The third-order valence-electron chi connectivity index (χ3n) is 2.78. The summed E-state index contributed by atoms with van der Waals surface area (Å²) in [6, 6.07) is 0. The average molecular weight is 332 g/mol. The number of ether oxygens (including phenoxy) is 1. The SMILES string of the molecule is CC(C)(C)OC(=O)N1CCn2nc(CO)c(Br)c2C1. The molecule has 0 unspecified atom stereocenters. The van der Waals surface area contributed by atoms with Gasteiger partial charge in [0.2, 0.25) is 0 Å². The van der Waals surface area contributed by atoms with E-state index < -0.39 is 5.60 Å². The van der Waals surface area contributed by atoms with Crippen LogP contribution in [0.4, 0.5) is 4.79 Å². The quantitative estimate of drug-likeness (QED) is 0.853. The van der Waals surface area contributed by atoms with Crippen molar-refractivity contribution in [3.8, 4) is 0 Å². The van der Waals surface area contributed by atoms with Crippen molar-refractivity contribution in [2.24, 2.45) is 0 Å². The number of nitrogens with zero attached hydrogens (tertiary/aromatic N) is 3. The molecule has 1 aromatic rings. The number of aliphatic hydroxyl groups is 1. The van der Waals surface area contributed by atoms with E-state index in [0.717, 1.165) is 10.2 Å². The van der Waals surface area contributed by atoms with Crippen LogP contribution in [0.15, 0.2) is 4.47 Å². The van der Waals surface area contributed by atoms with Crippen LogP contribution in [0.1, 0.15) is 32.2 Å². The van der Waals surface area contributed by atoms with E-state index in [0.29, 0.717) is 25.3 Å². The number of carbonyl (C=O) groups is 1. The van der Waals surface area contributed by atoms with Crippen molar-refractivity contribution in [3.05, 3.63) is 15.9 Å². The number of amides is 1. The highest BCUT2D eigenvalue weighted by Gasteiger charge is 2.28. The third kappa shape index (κ3) is 3.09. The highest BCUT2D eigenvalue weighted by atomic mass is 79.9. The van der Waals surface area contributed by atoms with Crippen LogP contribution in [-0.2, 0) is 24.4 Å². The Balaban J connectivity index is 2.13. The number of carbonyl (C=O) groups excluding carboxylic acids is 1. The molecule has 0 bridgehead atoms. The van der Waals surface area contributed by atoms with Crippen LogP contribution in [0.3, 0.4) is 0 Å². The van der Waals surface area contributed by atoms with Gasteiger partial charge in [-0.05, 0) is 36.7 Å². The van der Waals surface area contributed by atoms with Crippen molar-refractivity contribution in [2.45, 2.75) is 46.1 Å². The predicted molar refractivity (Wildman–Crippen MR) is 72.5 cm³/mol. The fourth-order valence-electron chi connectivity index (χ4n) is 1.92. The molecule has 1 aliphatic rings.